The lowest BCUT2D eigenvalue weighted by molar-refractivity contribution is -0.141. The van der Waals surface area contributed by atoms with Crippen LogP contribution < -0.4 is 9.47 Å². The van der Waals surface area contributed by atoms with Crippen molar-refractivity contribution in [2.45, 2.75) is 25.8 Å². The van der Waals surface area contributed by atoms with Gasteiger partial charge < -0.3 is 14.2 Å². The van der Waals surface area contributed by atoms with Crippen LogP contribution >= 0.6 is 0 Å². The highest BCUT2D eigenvalue weighted by Gasteiger charge is 2.26. The van der Waals surface area contributed by atoms with Gasteiger partial charge in [-0.2, -0.15) is 0 Å². The molecule has 21 heavy (non-hydrogen) atoms. The van der Waals surface area contributed by atoms with Gasteiger partial charge in [0.1, 0.15) is 0 Å². The fraction of sp³-hybridized carbons (Fsp3) is 0.562. The first-order valence-corrected chi connectivity index (χ1v) is 7.16. The topological polar surface area (TPSA) is 48.0 Å². The Labute approximate surface area is 125 Å². The van der Waals surface area contributed by atoms with E-state index in [4.69, 9.17) is 14.2 Å². The molecule has 1 aliphatic heterocycles. The Morgan fingerprint density at radius 1 is 1.24 bits per heavy atom. The van der Waals surface area contributed by atoms with Crippen LogP contribution in [0.5, 0.6) is 11.5 Å². The minimum absolute atomic E-state index is 0.166. The number of ether oxygens (including phenoxy) is 3. The minimum atomic E-state index is -0.166. The molecule has 1 heterocycles. The first-order valence-electron chi connectivity index (χ1n) is 7.16. The van der Waals surface area contributed by atoms with Crippen molar-refractivity contribution in [3.63, 3.8) is 0 Å². The molecule has 0 radical (unpaired) electrons. The van der Waals surface area contributed by atoms with Crippen LogP contribution in [-0.2, 0) is 16.0 Å². The van der Waals surface area contributed by atoms with E-state index in [0.717, 1.165) is 24.5 Å². The lowest BCUT2D eigenvalue weighted by Crippen LogP contribution is -2.35. The summed E-state index contributed by atoms with van der Waals surface area (Å²) in [5, 5.41) is 0. The van der Waals surface area contributed by atoms with Gasteiger partial charge >= 0.3 is 5.97 Å². The molecular formula is C16H23NO4. The molecule has 5 nitrogen and oxygen atoms in total. The summed E-state index contributed by atoms with van der Waals surface area (Å²) in [5.41, 5.74) is 2.53. The number of rotatable bonds is 5. The van der Waals surface area contributed by atoms with E-state index in [-0.39, 0.29) is 12.0 Å². The van der Waals surface area contributed by atoms with Crippen LogP contribution in [0.25, 0.3) is 0 Å². The van der Waals surface area contributed by atoms with Gasteiger partial charge in [0, 0.05) is 19.1 Å². The summed E-state index contributed by atoms with van der Waals surface area (Å²) in [4.78, 5) is 13.6. The fourth-order valence-electron chi connectivity index (χ4n) is 2.84. The monoisotopic (exact) mass is 293 g/mol. The number of benzene rings is 1. The van der Waals surface area contributed by atoms with Crippen molar-refractivity contribution < 1.29 is 19.0 Å². The third-order valence-corrected chi connectivity index (χ3v) is 4.14. The molecule has 0 spiro atoms. The maximum atomic E-state index is 11.3. The predicted molar refractivity (Wildman–Crippen MR) is 79.9 cm³/mol. The standard InChI is InChI=1S/C16H23NO4/c1-11-13-10-15(20-3)14(19-2)9-12(13)5-7-17(11)8-6-16(18)21-4/h9-11H,5-8H2,1-4H3. The number of methoxy groups -OCH3 is 3. The Balaban J connectivity index is 2.18. The number of carbonyl (C=O) groups excluding carboxylic acids is 1. The normalized spacial score (nSPS) is 18.0. The number of fused-ring (bicyclic) bond motifs is 1. The summed E-state index contributed by atoms with van der Waals surface area (Å²) in [6.45, 7) is 3.80. The average Bonchev–Trinajstić information content (AvgIpc) is 2.52. The molecule has 2 rings (SSSR count). The van der Waals surface area contributed by atoms with Crippen molar-refractivity contribution in [1.29, 1.82) is 0 Å². The number of carbonyl (C=O) groups is 1. The van der Waals surface area contributed by atoms with Crippen LogP contribution in [-0.4, -0.2) is 45.3 Å². The van der Waals surface area contributed by atoms with Gasteiger partial charge in [0.15, 0.2) is 11.5 Å². The van der Waals surface area contributed by atoms with Crippen molar-refractivity contribution in [2.24, 2.45) is 0 Å². The van der Waals surface area contributed by atoms with Gasteiger partial charge in [-0.3, -0.25) is 9.69 Å². The number of nitrogens with zero attached hydrogens (tertiary/aromatic N) is 1. The van der Waals surface area contributed by atoms with E-state index in [1.807, 2.05) is 6.07 Å². The Hall–Kier alpha value is -1.75. The molecule has 1 aromatic carbocycles. The van der Waals surface area contributed by atoms with Crippen LogP contribution in [0.15, 0.2) is 12.1 Å². The highest BCUT2D eigenvalue weighted by atomic mass is 16.5. The molecule has 0 bridgehead atoms. The summed E-state index contributed by atoms with van der Waals surface area (Å²) in [6, 6.07) is 4.35. The van der Waals surface area contributed by atoms with E-state index in [1.165, 1.54) is 18.2 Å². The maximum Gasteiger partial charge on any atom is 0.306 e. The van der Waals surface area contributed by atoms with Crippen LogP contribution in [0.1, 0.15) is 30.5 Å². The minimum Gasteiger partial charge on any atom is -0.493 e. The van der Waals surface area contributed by atoms with Crippen LogP contribution in [0.2, 0.25) is 0 Å². The second kappa shape index (κ2) is 6.80. The van der Waals surface area contributed by atoms with Gasteiger partial charge in [0.25, 0.3) is 0 Å². The van der Waals surface area contributed by atoms with E-state index >= 15 is 0 Å². The summed E-state index contributed by atoms with van der Waals surface area (Å²) in [7, 11) is 4.72. The van der Waals surface area contributed by atoms with Gasteiger partial charge in [-0.15, -0.1) is 0 Å². The molecule has 1 unspecified atom stereocenters. The van der Waals surface area contributed by atoms with E-state index in [0.29, 0.717) is 13.0 Å². The van der Waals surface area contributed by atoms with Gasteiger partial charge in [-0.1, -0.05) is 0 Å². The molecule has 1 atom stereocenters. The van der Waals surface area contributed by atoms with E-state index < -0.39 is 0 Å². The molecule has 0 aromatic heterocycles. The Kier molecular flexibility index (Phi) is 5.07. The van der Waals surface area contributed by atoms with E-state index in [9.17, 15) is 4.79 Å². The summed E-state index contributed by atoms with van der Waals surface area (Å²) >= 11 is 0. The molecule has 5 heteroatoms. The second-order valence-corrected chi connectivity index (χ2v) is 5.19. The van der Waals surface area contributed by atoms with E-state index in [1.54, 1.807) is 14.2 Å². The number of esters is 1. The number of hydrogen-bond donors (Lipinski definition) is 0. The van der Waals surface area contributed by atoms with Crippen LogP contribution in [0.4, 0.5) is 0 Å². The zero-order valence-electron chi connectivity index (χ0n) is 13.1. The maximum absolute atomic E-state index is 11.3. The third kappa shape index (κ3) is 3.29. The zero-order valence-corrected chi connectivity index (χ0v) is 13.1. The lowest BCUT2D eigenvalue weighted by atomic mass is 9.92. The van der Waals surface area contributed by atoms with Gasteiger partial charge in [-0.25, -0.2) is 0 Å². The molecule has 0 amide bonds. The van der Waals surface area contributed by atoms with Crippen molar-refractivity contribution in [2.75, 3.05) is 34.4 Å². The highest BCUT2D eigenvalue weighted by molar-refractivity contribution is 5.69. The van der Waals surface area contributed by atoms with Gasteiger partial charge in [0.05, 0.1) is 27.8 Å². The fourth-order valence-corrected chi connectivity index (χ4v) is 2.84. The molecule has 0 N–H and O–H groups in total. The summed E-state index contributed by atoms with van der Waals surface area (Å²) in [6.07, 6.45) is 1.37. The highest BCUT2D eigenvalue weighted by Crippen LogP contribution is 2.37. The average molecular weight is 293 g/mol. The van der Waals surface area contributed by atoms with Gasteiger partial charge in [0.2, 0.25) is 0 Å². The molecule has 1 aromatic rings. The Morgan fingerprint density at radius 2 is 1.90 bits per heavy atom. The van der Waals surface area contributed by atoms with Crippen LogP contribution in [0, 0.1) is 0 Å². The lowest BCUT2D eigenvalue weighted by Gasteiger charge is -2.35. The van der Waals surface area contributed by atoms with Crippen molar-refractivity contribution in [3.8, 4) is 11.5 Å². The Bertz CT molecular complexity index is 515. The number of hydrogen-bond acceptors (Lipinski definition) is 5. The smallest absolute Gasteiger partial charge is 0.306 e. The molecule has 0 saturated carbocycles. The van der Waals surface area contributed by atoms with Crippen LogP contribution in [0.3, 0.4) is 0 Å². The molecule has 1 aliphatic rings. The molecular weight excluding hydrogens is 270 g/mol. The first kappa shape index (κ1) is 15.6. The quantitative estimate of drug-likeness (QED) is 0.779. The van der Waals surface area contributed by atoms with Crippen molar-refractivity contribution >= 4 is 5.97 Å². The Morgan fingerprint density at radius 3 is 2.52 bits per heavy atom. The largest absolute Gasteiger partial charge is 0.493 e. The molecule has 0 saturated heterocycles. The molecule has 116 valence electrons. The zero-order chi connectivity index (χ0) is 15.4. The molecule has 0 fully saturated rings. The van der Waals surface area contributed by atoms with Crippen molar-refractivity contribution in [1.82, 2.24) is 4.90 Å². The van der Waals surface area contributed by atoms with Gasteiger partial charge in [-0.05, 0) is 36.6 Å². The van der Waals surface area contributed by atoms with E-state index in [2.05, 4.69) is 17.9 Å². The summed E-state index contributed by atoms with van der Waals surface area (Å²) in [5.74, 6) is 1.35. The SMILES string of the molecule is COC(=O)CCN1CCc2cc(OC)c(OC)cc2C1C. The third-order valence-electron chi connectivity index (χ3n) is 4.14. The second-order valence-electron chi connectivity index (χ2n) is 5.19. The summed E-state index contributed by atoms with van der Waals surface area (Å²) < 4.78 is 15.5. The molecule has 0 aliphatic carbocycles. The predicted octanol–water partition coefficient (Wildman–Crippen LogP) is 2.19. The first-order chi connectivity index (χ1) is 10.1. The van der Waals surface area contributed by atoms with Crippen molar-refractivity contribution in [3.05, 3.63) is 23.3 Å².